The summed E-state index contributed by atoms with van der Waals surface area (Å²) < 4.78 is 27.5. The van der Waals surface area contributed by atoms with E-state index in [-0.39, 0.29) is 33.3 Å². The Morgan fingerprint density at radius 1 is 1.07 bits per heavy atom. The maximum atomic E-state index is 12.5. The van der Waals surface area contributed by atoms with Gasteiger partial charge in [-0.2, -0.15) is 0 Å². The number of carbonyl (C=O) groups is 1. The first-order valence-electron chi connectivity index (χ1n) is 8.64. The second kappa shape index (κ2) is 9.17. The van der Waals surface area contributed by atoms with E-state index in [2.05, 4.69) is 10.0 Å². The third-order valence-electron chi connectivity index (χ3n) is 4.12. The molecule has 3 aromatic rings. The molecule has 1 atom stereocenters. The van der Waals surface area contributed by atoms with Crippen molar-refractivity contribution in [2.75, 3.05) is 4.72 Å². The molecule has 0 fully saturated rings. The summed E-state index contributed by atoms with van der Waals surface area (Å²) in [6.45, 7) is 1.94. The molecule has 2 N–H and O–H groups in total. The summed E-state index contributed by atoms with van der Waals surface area (Å²) in [5.41, 5.74) is 1.16. The summed E-state index contributed by atoms with van der Waals surface area (Å²) in [4.78, 5) is 13.3. The van der Waals surface area contributed by atoms with Gasteiger partial charge in [0.15, 0.2) is 0 Å². The topological polar surface area (TPSA) is 75.3 Å². The van der Waals surface area contributed by atoms with Gasteiger partial charge in [0.05, 0.1) is 27.4 Å². The van der Waals surface area contributed by atoms with Gasteiger partial charge in [0.2, 0.25) is 5.91 Å². The van der Waals surface area contributed by atoms with E-state index in [1.54, 1.807) is 35.6 Å². The Balaban J connectivity index is 1.62. The number of benzene rings is 2. The molecule has 29 heavy (non-hydrogen) atoms. The summed E-state index contributed by atoms with van der Waals surface area (Å²) in [5, 5.41) is 5.36. The molecule has 5 nitrogen and oxygen atoms in total. The van der Waals surface area contributed by atoms with E-state index in [4.69, 9.17) is 23.2 Å². The number of halogens is 2. The first-order valence-corrected chi connectivity index (χ1v) is 11.8. The monoisotopic (exact) mass is 468 g/mol. The van der Waals surface area contributed by atoms with E-state index >= 15 is 0 Å². The zero-order valence-electron chi connectivity index (χ0n) is 15.4. The van der Waals surface area contributed by atoms with Gasteiger partial charge < -0.3 is 5.32 Å². The molecule has 2 aromatic carbocycles. The van der Waals surface area contributed by atoms with Crippen LogP contribution in [0.1, 0.15) is 23.4 Å². The van der Waals surface area contributed by atoms with Crippen molar-refractivity contribution in [2.45, 2.75) is 24.3 Å². The third kappa shape index (κ3) is 5.73. The number of amides is 1. The van der Waals surface area contributed by atoms with Crippen LogP contribution in [-0.2, 0) is 21.2 Å². The minimum absolute atomic E-state index is 0.0120. The molecule has 0 saturated carbocycles. The Labute approximate surface area is 183 Å². The fourth-order valence-corrected chi connectivity index (χ4v) is 4.82. The van der Waals surface area contributed by atoms with Crippen molar-refractivity contribution in [1.29, 1.82) is 0 Å². The average Bonchev–Trinajstić information content (AvgIpc) is 3.20. The Kier molecular flexibility index (Phi) is 6.85. The number of sulfonamides is 1. The highest BCUT2D eigenvalue weighted by Gasteiger charge is 2.16. The van der Waals surface area contributed by atoms with Crippen LogP contribution in [0.25, 0.3) is 0 Å². The predicted octanol–water partition coefficient (Wildman–Crippen LogP) is 5.28. The molecule has 0 spiro atoms. The van der Waals surface area contributed by atoms with Gasteiger partial charge >= 0.3 is 0 Å². The summed E-state index contributed by atoms with van der Waals surface area (Å²) in [6, 6.07) is 14.6. The van der Waals surface area contributed by atoms with Gasteiger partial charge in [-0.25, -0.2) is 8.42 Å². The average molecular weight is 469 g/mol. The highest BCUT2D eigenvalue weighted by atomic mass is 35.5. The van der Waals surface area contributed by atoms with Crippen molar-refractivity contribution in [2.24, 2.45) is 0 Å². The van der Waals surface area contributed by atoms with Crippen LogP contribution in [0.2, 0.25) is 10.0 Å². The molecule has 0 saturated heterocycles. The van der Waals surface area contributed by atoms with Gasteiger partial charge in [0, 0.05) is 10.6 Å². The lowest BCUT2D eigenvalue weighted by molar-refractivity contribution is -0.121. The van der Waals surface area contributed by atoms with E-state index in [0.717, 1.165) is 10.4 Å². The molecule has 9 heteroatoms. The van der Waals surface area contributed by atoms with E-state index < -0.39 is 10.0 Å². The lowest BCUT2D eigenvalue weighted by Gasteiger charge is -2.13. The molecule has 1 amide bonds. The maximum absolute atomic E-state index is 12.5. The molecule has 152 valence electrons. The smallest absolute Gasteiger partial charge is 0.261 e. The van der Waals surface area contributed by atoms with Crippen molar-refractivity contribution >= 4 is 56.2 Å². The van der Waals surface area contributed by atoms with Gasteiger partial charge in [-0.1, -0.05) is 41.4 Å². The maximum Gasteiger partial charge on any atom is 0.261 e. The van der Waals surface area contributed by atoms with Crippen LogP contribution < -0.4 is 10.0 Å². The zero-order valence-corrected chi connectivity index (χ0v) is 18.5. The summed E-state index contributed by atoms with van der Waals surface area (Å²) in [7, 11) is -3.80. The molecular formula is C20H18Cl2N2O3S2. The Bertz CT molecular complexity index is 1100. The fourth-order valence-electron chi connectivity index (χ4n) is 2.64. The van der Waals surface area contributed by atoms with Crippen LogP contribution in [-0.4, -0.2) is 14.3 Å². The van der Waals surface area contributed by atoms with Gasteiger partial charge in [-0.3, -0.25) is 9.52 Å². The molecule has 3 rings (SSSR count). The van der Waals surface area contributed by atoms with Crippen LogP contribution >= 0.6 is 34.5 Å². The summed E-state index contributed by atoms with van der Waals surface area (Å²) in [6.07, 6.45) is 0.204. The number of nitrogens with one attached hydrogen (secondary N) is 2. The van der Waals surface area contributed by atoms with Gasteiger partial charge in [-0.15, -0.1) is 11.3 Å². The lowest BCUT2D eigenvalue weighted by atomic mass is 10.1. The SMILES string of the molecule is CC(NC(=O)Cc1ccc(NS(=O)(=O)c2ccc(Cl)c(Cl)c2)cc1)c1cccs1. The van der Waals surface area contributed by atoms with Crippen molar-refractivity contribution < 1.29 is 13.2 Å². The fraction of sp³-hybridized carbons (Fsp3) is 0.150. The van der Waals surface area contributed by atoms with Gasteiger partial charge in [-0.05, 0) is 54.3 Å². The van der Waals surface area contributed by atoms with Crippen molar-refractivity contribution in [3.05, 3.63) is 80.5 Å². The minimum Gasteiger partial charge on any atom is -0.348 e. The highest BCUT2D eigenvalue weighted by Crippen LogP contribution is 2.26. The summed E-state index contributed by atoms with van der Waals surface area (Å²) >= 11 is 13.3. The molecule has 0 aliphatic rings. The molecule has 0 radical (unpaired) electrons. The molecular weight excluding hydrogens is 451 g/mol. The first kappa shape index (κ1) is 21.6. The van der Waals surface area contributed by atoms with Crippen LogP contribution in [0.5, 0.6) is 0 Å². The molecule has 0 aliphatic heterocycles. The lowest BCUT2D eigenvalue weighted by Crippen LogP contribution is -2.27. The molecule has 0 bridgehead atoms. The number of carbonyl (C=O) groups excluding carboxylic acids is 1. The van der Waals surface area contributed by atoms with Crippen LogP contribution in [0.15, 0.2) is 64.9 Å². The zero-order chi connectivity index (χ0) is 21.0. The highest BCUT2D eigenvalue weighted by molar-refractivity contribution is 7.92. The number of thiophene rings is 1. The second-order valence-electron chi connectivity index (χ2n) is 6.36. The molecule has 1 heterocycles. The van der Waals surface area contributed by atoms with E-state index in [1.165, 1.54) is 18.2 Å². The van der Waals surface area contributed by atoms with Gasteiger partial charge in [0.1, 0.15) is 0 Å². The Morgan fingerprint density at radius 2 is 1.79 bits per heavy atom. The van der Waals surface area contributed by atoms with Crippen LogP contribution in [0.4, 0.5) is 5.69 Å². The molecule has 1 aromatic heterocycles. The van der Waals surface area contributed by atoms with E-state index in [1.807, 2.05) is 24.4 Å². The quantitative estimate of drug-likeness (QED) is 0.495. The minimum atomic E-state index is -3.80. The van der Waals surface area contributed by atoms with Crippen molar-refractivity contribution in [3.8, 4) is 0 Å². The summed E-state index contributed by atoms with van der Waals surface area (Å²) in [5.74, 6) is -0.102. The second-order valence-corrected chi connectivity index (χ2v) is 9.84. The number of hydrogen-bond acceptors (Lipinski definition) is 4. The van der Waals surface area contributed by atoms with Gasteiger partial charge in [0.25, 0.3) is 10.0 Å². The Hall–Kier alpha value is -2.06. The van der Waals surface area contributed by atoms with Crippen molar-refractivity contribution in [1.82, 2.24) is 5.32 Å². The standard InChI is InChI=1S/C20H18Cl2N2O3S2/c1-13(19-3-2-10-28-19)23-20(25)11-14-4-6-15(7-5-14)24-29(26,27)16-8-9-17(21)18(22)12-16/h2-10,12-13,24H,11H2,1H3,(H,23,25). The Morgan fingerprint density at radius 3 is 2.41 bits per heavy atom. The predicted molar refractivity (Wildman–Crippen MR) is 118 cm³/mol. The largest absolute Gasteiger partial charge is 0.348 e. The van der Waals surface area contributed by atoms with Crippen molar-refractivity contribution in [3.63, 3.8) is 0 Å². The first-order chi connectivity index (χ1) is 13.7. The van der Waals surface area contributed by atoms with E-state index in [0.29, 0.717) is 5.69 Å². The number of anilines is 1. The molecule has 0 aliphatic carbocycles. The van der Waals surface area contributed by atoms with E-state index in [9.17, 15) is 13.2 Å². The number of rotatable bonds is 7. The van der Waals surface area contributed by atoms with Crippen LogP contribution in [0, 0.1) is 0 Å². The number of hydrogen-bond donors (Lipinski definition) is 2. The molecule has 1 unspecified atom stereocenters. The third-order valence-corrected chi connectivity index (χ3v) is 7.29. The van der Waals surface area contributed by atoms with Crippen LogP contribution in [0.3, 0.4) is 0 Å². The normalized spacial score (nSPS) is 12.4.